The number of amides is 1. The number of rotatable bonds is 3. The van der Waals surface area contributed by atoms with E-state index in [-0.39, 0.29) is 5.91 Å². The van der Waals surface area contributed by atoms with Gasteiger partial charge >= 0.3 is 0 Å². The highest BCUT2D eigenvalue weighted by atomic mass is 32.1. The van der Waals surface area contributed by atoms with E-state index in [0.717, 1.165) is 23.4 Å². The zero-order valence-electron chi connectivity index (χ0n) is 10.5. The van der Waals surface area contributed by atoms with Gasteiger partial charge in [-0.15, -0.1) is 11.3 Å². The highest BCUT2D eigenvalue weighted by Gasteiger charge is 2.24. The van der Waals surface area contributed by atoms with Gasteiger partial charge in [-0.1, -0.05) is 26.7 Å². The van der Waals surface area contributed by atoms with E-state index in [1.807, 2.05) is 6.92 Å². The second-order valence-corrected chi connectivity index (χ2v) is 5.68. The van der Waals surface area contributed by atoms with Crippen LogP contribution in [0, 0.1) is 5.92 Å². The Morgan fingerprint density at radius 3 is 3.00 bits per heavy atom. The van der Waals surface area contributed by atoms with Gasteiger partial charge < -0.3 is 5.32 Å². The van der Waals surface area contributed by atoms with Crippen molar-refractivity contribution < 1.29 is 4.79 Å². The predicted molar refractivity (Wildman–Crippen MR) is 70.4 cm³/mol. The van der Waals surface area contributed by atoms with E-state index in [0.29, 0.717) is 12.0 Å². The van der Waals surface area contributed by atoms with Crippen molar-refractivity contribution in [3.8, 4) is 0 Å². The molecule has 0 radical (unpaired) electrons. The molecule has 0 aromatic carbocycles. The monoisotopic (exact) mass is 252 g/mol. The number of hydrogen-bond acceptors (Lipinski definition) is 3. The van der Waals surface area contributed by atoms with Crippen LogP contribution in [0.4, 0.5) is 0 Å². The van der Waals surface area contributed by atoms with Gasteiger partial charge in [-0.25, -0.2) is 4.98 Å². The lowest BCUT2D eigenvalue weighted by atomic mass is 9.86. The summed E-state index contributed by atoms with van der Waals surface area (Å²) in [6, 6.07) is 0.350. The van der Waals surface area contributed by atoms with E-state index in [2.05, 4.69) is 17.2 Å². The van der Waals surface area contributed by atoms with E-state index in [9.17, 15) is 4.79 Å². The Hall–Kier alpha value is -0.900. The molecule has 2 rings (SSSR count). The standard InChI is InChI=1S/C13H20N2OS/c1-3-10-12(17-8-14-10)13(16)15-11-7-5-4-6-9(11)2/h8-9,11H,3-7H2,1-2H3,(H,15,16). The minimum Gasteiger partial charge on any atom is -0.348 e. The molecular formula is C13H20N2OS. The molecular weight excluding hydrogens is 232 g/mol. The maximum atomic E-state index is 12.2. The van der Waals surface area contributed by atoms with Gasteiger partial charge in [0.05, 0.1) is 11.2 Å². The van der Waals surface area contributed by atoms with Crippen molar-refractivity contribution in [3.05, 3.63) is 16.1 Å². The molecule has 2 atom stereocenters. The molecule has 4 heteroatoms. The minimum absolute atomic E-state index is 0.0723. The molecule has 0 bridgehead atoms. The van der Waals surface area contributed by atoms with Crippen LogP contribution in [0.3, 0.4) is 0 Å². The molecule has 2 unspecified atom stereocenters. The van der Waals surface area contributed by atoms with Crippen molar-refractivity contribution in [2.75, 3.05) is 0 Å². The number of aromatic nitrogens is 1. The van der Waals surface area contributed by atoms with Crippen molar-refractivity contribution in [1.29, 1.82) is 0 Å². The fourth-order valence-corrected chi connectivity index (χ4v) is 3.25. The number of thiazole rings is 1. The first-order valence-electron chi connectivity index (χ1n) is 6.45. The molecule has 1 aromatic rings. The summed E-state index contributed by atoms with van der Waals surface area (Å²) in [6.45, 7) is 4.27. The maximum Gasteiger partial charge on any atom is 0.263 e. The third-order valence-electron chi connectivity index (χ3n) is 3.61. The summed E-state index contributed by atoms with van der Waals surface area (Å²) in [6.07, 6.45) is 5.71. The van der Waals surface area contributed by atoms with Crippen LogP contribution < -0.4 is 5.32 Å². The Morgan fingerprint density at radius 1 is 1.53 bits per heavy atom. The third kappa shape index (κ3) is 2.86. The highest BCUT2D eigenvalue weighted by molar-refractivity contribution is 7.11. The van der Waals surface area contributed by atoms with E-state index in [1.54, 1.807) is 5.51 Å². The largest absolute Gasteiger partial charge is 0.348 e. The molecule has 0 spiro atoms. The molecule has 1 aromatic heterocycles. The first kappa shape index (κ1) is 12.6. The Bertz CT molecular complexity index is 389. The highest BCUT2D eigenvalue weighted by Crippen LogP contribution is 2.24. The normalized spacial score (nSPS) is 24.6. The van der Waals surface area contributed by atoms with E-state index in [4.69, 9.17) is 0 Å². The minimum atomic E-state index is 0.0723. The van der Waals surface area contributed by atoms with Crippen LogP contribution >= 0.6 is 11.3 Å². The third-order valence-corrected chi connectivity index (χ3v) is 4.48. The van der Waals surface area contributed by atoms with Crippen LogP contribution in [0.1, 0.15) is 54.9 Å². The molecule has 17 heavy (non-hydrogen) atoms. The fourth-order valence-electron chi connectivity index (χ4n) is 2.47. The first-order chi connectivity index (χ1) is 8.22. The fraction of sp³-hybridized carbons (Fsp3) is 0.692. The van der Waals surface area contributed by atoms with Gasteiger partial charge in [-0.05, 0) is 25.2 Å². The van der Waals surface area contributed by atoms with E-state index < -0.39 is 0 Å². The van der Waals surface area contributed by atoms with Gasteiger partial charge in [0.15, 0.2) is 0 Å². The average Bonchev–Trinajstić information content (AvgIpc) is 2.80. The average molecular weight is 252 g/mol. The zero-order chi connectivity index (χ0) is 12.3. The Balaban J connectivity index is 2.01. The number of carbonyl (C=O) groups is 1. The van der Waals surface area contributed by atoms with E-state index in [1.165, 1.54) is 30.6 Å². The Kier molecular flexibility index (Phi) is 4.15. The molecule has 1 N–H and O–H groups in total. The van der Waals surface area contributed by atoms with Crippen LogP contribution in [-0.2, 0) is 6.42 Å². The Morgan fingerprint density at radius 2 is 2.29 bits per heavy atom. The molecule has 94 valence electrons. The lowest BCUT2D eigenvalue weighted by Gasteiger charge is -2.29. The summed E-state index contributed by atoms with van der Waals surface area (Å²) in [5, 5.41) is 3.18. The summed E-state index contributed by atoms with van der Waals surface area (Å²) in [7, 11) is 0. The molecule has 1 fully saturated rings. The van der Waals surface area contributed by atoms with Crippen molar-refractivity contribution in [3.63, 3.8) is 0 Å². The summed E-state index contributed by atoms with van der Waals surface area (Å²) in [5.41, 5.74) is 2.69. The maximum absolute atomic E-state index is 12.2. The lowest BCUT2D eigenvalue weighted by Crippen LogP contribution is -2.41. The second kappa shape index (κ2) is 5.63. The number of nitrogens with one attached hydrogen (secondary N) is 1. The number of nitrogens with zero attached hydrogens (tertiary/aromatic N) is 1. The molecule has 1 heterocycles. The van der Waals surface area contributed by atoms with Gasteiger partial charge in [0.25, 0.3) is 5.91 Å². The van der Waals surface area contributed by atoms with Crippen LogP contribution in [0.15, 0.2) is 5.51 Å². The van der Waals surface area contributed by atoms with Crippen LogP contribution in [0.2, 0.25) is 0 Å². The second-order valence-electron chi connectivity index (χ2n) is 4.82. The zero-order valence-corrected chi connectivity index (χ0v) is 11.3. The van der Waals surface area contributed by atoms with Gasteiger partial charge in [0, 0.05) is 6.04 Å². The quantitative estimate of drug-likeness (QED) is 0.898. The summed E-state index contributed by atoms with van der Waals surface area (Å²) in [4.78, 5) is 17.2. The number of aryl methyl sites for hydroxylation is 1. The molecule has 1 aliphatic rings. The van der Waals surface area contributed by atoms with Crippen molar-refractivity contribution >= 4 is 17.2 Å². The molecule has 1 amide bonds. The van der Waals surface area contributed by atoms with Crippen molar-refractivity contribution in [2.24, 2.45) is 5.92 Å². The molecule has 0 saturated heterocycles. The molecule has 1 saturated carbocycles. The molecule has 1 aliphatic carbocycles. The van der Waals surface area contributed by atoms with Crippen molar-refractivity contribution in [1.82, 2.24) is 10.3 Å². The number of carbonyl (C=O) groups excluding carboxylic acids is 1. The van der Waals surface area contributed by atoms with Crippen molar-refractivity contribution in [2.45, 2.75) is 52.0 Å². The number of hydrogen-bond donors (Lipinski definition) is 1. The lowest BCUT2D eigenvalue weighted by molar-refractivity contribution is 0.0913. The first-order valence-corrected chi connectivity index (χ1v) is 7.33. The van der Waals surface area contributed by atoms with Crippen LogP contribution in [0.25, 0.3) is 0 Å². The molecule has 0 aliphatic heterocycles. The van der Waals surface area contributed by atoms with E-state index >= 15 is 0 Å². The van der Waals surface area contributed by atoms with Gasteiger partial charge in [0.2, 0.25) is 0 Å². The SMILES string of the molecule is CCc1ncsc1C(=O)NC1CCCCC1C. The van der Waals surface area contributed by atoms with Gasteiger partial charge in [-0.2, -0.15) is 0 Å². The van der Waals surface area contributed by atoms with Crippen LogP contribution in [0.5, 0.6) is 0 Å². The van der Waals surface area contributed by atoms with Gasteiger partial charge in [-0.3, -0.25) is 4.79 Å². The Labute approximate surface area is 107 Å². The van der Waals surface area contributed by atoms with Gasteiger partial charge in [0.1, 0.15) is 4.88 Å². The molecule has 3 nitrogen and oxygen atoms in total. The van der Waals surface area contributed by atoms with Crippen LogP contribution in [-0.4, -0.2) is 16.9 Å². The smallest absolute Gasteiger partial charge is 0.263 e. The summed E-state index contributed by atoms with van der Waals surface area (Å²) >= 11 is 1.45. The summed E-state index contributed by atoms with van der Waals surface area (Å²) in [5.74, 6) is 0.675. The predicted octanol–water partition coefficient (Wildman–Crippen LogP) is 3.01. The summed E-state index contributed by atoms with van der Waals surface area (Å²) < 4.78 is 0. The topological polar surface area (TPSA) is 42.0 Å².